The van der Waals surface area contributed by atoms with E-state index in [1.165, 1.54) is 0 Å². The first-order chi connectivity index (χ1) is 5.46. The first kappa shape index (κ1) is 11.5. The summed E-state index contributed by atoms with van der Waals surface area (Å²) < 4.78 is 0. The standard InChI is InChI=1S/C10H20N2/c1-6-9(4)12-10(5,7-11)8(2)3/h1,8-9,12H,7,11H2,2-5H3. The van der Waals surface area contributed by atoms with Crippen molar-refractivity contribution < 1.29 is 0 Å². The van der Waals surface area contributed by atoms with E-state index in [9.17, 15) is 0 Å². The van der Waals surface area contributed by atoms with E-state index in [2.05, 4.69) is 32.0 Å². The van der Waals surface area contributed by atoms with Gasteiger partial charge in [-0.05, 0) is 19.8 Å². The highest BCUT2D eigenvalue weighted by atomic mass is 15.0. The van der Waals surface area contributed by atoms with Crippen LogP contribution in [0.25, 0.3) is 0 Å². The van der Waals surface area contributed by atoms with Crippen LogP contribution >= 0.6 is 0 Å². The average molecular weight is 168 g/mol. The molecule has 2 nitrogen and oxygen atoms in total. The summed E-state index contributed by atoms with van der Waals surface area (Å²) in [5.74, 6) is 3.13. The van der Waals surface area contributed by atoms with Crippen molar-refractivity contribution in [1.29, 1.82) is 0 Å². The molecule has 0 aliphatic carbocycles. The van der Waals surface area contributed by atoms with Crippen LogP contribution in [0.2, 0.25) is 0 Å². The molecule has 70 valence electrons. The van der Waals surface area contributed by atoms with E-state index < -0.39 is 0 Å². The summed E-state index contributed by atoms with van der Waals surface area (Å²) in [6.45, 7) is 8.96. The molecule has 2 heteroatoms. The van der Waals surface area contributed by atoms with Gasteiger partial charge in [-0.3, -0.25) is 5.32 Å². The van der Waals surface area contributed by atoms with Crippen LogP contribution in [0.4, 0.5) is 0 Å². The van der Waals surface area contributed by atoms with E-state index in [-0.39, 0.29) is 11.6 Å². The zero-order valence-electron chi connectivity index (χ0n) is 8.52. The second kappa shape index (κ2) is 4.49. The smallest absolute Gasteiger partial charge is 0.0663 e. The van der Waals surface area contributed by atoms with Crippen molar-refractivity contribution in [1.82, 2.24) is 5.32 Å². The van der Waals surface area contributed by atoms with Crippen LogP contribution in [0.3, 0.4) is 0 Å². The van der Waals surface area contributed by atoms with E-state index in [0.29, 0.717) is 12.5 Å². The summed E-state index contributed by atoms with van der Waals surface area (Å²) in [5, 5.41) is 3.33. The highest BCUT2D eigenvalue weighted by Crippen LogP contribution is 2.15. The molecule has 0 rings (SSSR count). The summed E-state index contributed by atoms with van der Waals surface area (Å²) in [7, 11) is 0. The molecule has 0 amide bonds. The lowest BCUT2D eigenvalue weighted by Gasteiger charge is -2.35. The van der Waals surface area contributed by atoms with Crippen molar-refractivity contribution in [2.45, 2.75) is 39.3 Å². The van der Waals surface area contributed by atoms with E-state index in [0.717, 1.165) is 0 Å². The molecule has 3 N–H and O–H groups in total. The topological polar surface area (TPSA) is 38.0 Å². The average Bonchev–Trinajstić information content (AvgIpc) is 2.03. The molecule has 0 bridgehead atoms. The maximum atomic E-state index is 5.68. The van der Waals surface area contributed by atoms with Crippen LogP contribution < -0.4 is 11.1 Å². The number of terminal acetylenes is 1. The Labute approximate surface area is 75.9 Å². The lowest BCUT2D eigenvalue weighted by atomic mass is 9.88. The van der Waals surface area contributed by atoms with Crippen molar-refractivity contribution in [3.05, 3.63) is 0 Å². The normalized spacial score (nSPS) is 18.4. The summed E-state index contributed by atoms with van der Waals surface area (Å²) in [5.41, 5.74) is 5.63. The van der Waals surface area contributed by atoms with Crippen molar-refractivity contribution in [3.8, 4) is 12.3 Å². The summed E-state index contributed by atoms with van der Waals surface area (Å²) >= 11 is 0. The zero-order chi connectivity index (χ0) is 9.78. The summed E-state index contributed by atoms with van der Waals surface area (Å²) in [6.07, 6.45) is 5.28. The highest BCUT2D eigenvalue weighted by Gasteiger charge is 2.27. The Morgan fingerprint density at radius 1 is 1.50 bits per heavy atom. The Hall–Kier alpha value is -0.520. The van der Waals surface area contributed by atoms with E-state index >= 15 is 0 Å². The minimum absolute atomic E-state index is 0.0498. The third kappa shape index (κ3) is 2.84. The maximum absolute atomic E-state index is 5.68. The number of hydrogen-bond acceptors (Lipinski definition) is 2. The lowest BCUT2D eigenvalue weighted by Crippen LogP contribution is -2.55. The molecule has 2 unspecified atom stereocenters. The lowest BCUT2D eigenvalue weighted by molar-refractivity contribution is 0.260. The third-order valence-electron chi connectivity index (χ3n) is 2.49. The SMILES string of the molecule is C#CC(C)NC(C)(CN)C(C)C. The predicted octanol–water partition coefficient (Wildman–Crippen LogP) is 0.971. The Balaban J connectivity index is 4.26. The minimum Gasteiger partial charge on any atom is -0.329 e. The van der Waals surface area contributed by atoms with Crippen molar-refractivity contribution in [2.75, 3.05) is 6.54 Å². The quantitative estimate of drug-likeness (QED) is 0.614. The maximum Gasteiger partial charge on any atom is 0.0663 e. The van der Waals surface area contributed by atoms with Gasteiger partial charge in [-0.1, -0.05) is 19.8 Å². The van der Waals surface area contributed by atoms with Crippen molar-refractivity contribution >= 4 is 0 Å². The molecule has 0 radical (unpaired) electrons. The Bertz CT molecular complexity index is 169. The first-order valence-electron chi connectivity index (χ1n) is 4.40. The molecule has 0 saturated carbocycles. The van der Waals surface area contributed by atoms with Crippen LogP contribution in [0.5, 0.6) is 0 Å². The molecule has 0 spiro atoms. The number of nitrogens with two attached hydrogens (primary N) is 1. The van der Waals surface area contributed by atoms with Crippen LogP contribution in [-0.2, 0) is 0 Å². The van der Waals surface area contributed by atoms with Crippen LogP contribution in [0.1, 0.15) is 27.7 Å². The van der Waals surface area contributed by atoms with Gasteiger partial charge in [-0.15, -0.1) is 6.42 Å². The van der Waals surface area contributed by atoms with Gasteiger partial charge < -0.3 is 5.73 Å². The predicted molar refractivity (Wildman–Crippen MR) is 53.7 cm³/mol. The van der Waals surface area contributed by atoms with Gasteiger partial charge in [0.2, 0.25) is 0 Å². The Morgan fingerprint density at radius 3 is 2.25 bits per heavy atom. The summed E-state index contributed by atoms with van der Waals surface area (Å²) in [4.78, 5) is 0. The van der Waals surface area contributed by atoms with Crippen LogP contribution in [0, 0.1) is 18.3 Å². The Morgan fingerprint density at radius 2 is 2.00 bits per heavy atom. The fraction of sp³-hybridized carbons (Fsp3) is 0.800. The monoisotopic (exact) mass is 168 g/mol. The van der Waals surface area contributed by atoms with Crippen molar-refractivity contribution in [2.24, 2.45) is 11.7 Å². The number of nitrogens with one attached hydrogen (secondary N) is 1. The van der Waals surface area contributed by atoms with Gasteiger partial charge >= 0.3 is 0 Å². The first-order valence-corrected chi connectivity index (χ1v) is 4.40. The largest absolute Gasteiger partial charge is 0.329 e. The van der Waals surface area contributed by atoms with Gasteiger partial charge in [0.1, 0.15) is 0 Å². The molecule has 12 heavy (non-hydrogen) atoms. The number of hydrogen-bond donors (Lipinski definition) is 2. The fourth-order valence-corrected chi connectivity index (χ4v) is 0.998. The Kier molecular flexibility index (Phi) is 4.30. The molecule has 0 aromatic rings. The number of rotatable bonds is 4. The molecule has 0 saturated heterocycles. The molecule has 2 atom stereocenters. The van der Waals surface area contributed by atoms with E-state index in [1.54, 1.807) is 0 Å². The molecule has 0 aliphatic rings. The van der Waals surface area contributed by atoms with Gasteiger partial charge in [0.15, 0.2) is 0 Å². The van der Waals surface area contributed by atoms with E-state index in [1.807, 2.05) is 6.92 Å². The second-order valence-corrected chi connectivity index (χ2v) is 3.81. The second-order valence-electron chi connectivity index (χ2n) is 3.81. The van der Waals surface area contributed by atoms with E-state index in [4.69, 9.17) is 12.2 Å². The van der Waals surface area contributed by atoms with Crippen LogP contribution in [-0.4, -0.2) is 18.1 Å². The highest BCUT2D eigenvalue weighted by molar-refractivity contribution is 5.01. The molecular formula is C10H20N2. The minimum atomic E-state index is -0.0498. The summed E-state index contributed by atoms with van der Waals surface area (Å²) in [6, 6.07) is 0.0842. The van der Waals surface area contributed by atoms with Gasteiger partial charge in [-0.25, -0.2) is 0 Å². The van der Waals surface area contributed by atoms with Gasteiger partial charge in [-0.2, -0.15) is 0 Å². The van der Waals surface area contributed by atoms with Crippen LogP contribution in [0.15, 0.2) is 0 Å². The molecule has 0 aliphatic heterocycles. The molecule has 0 heterocycles. The van der Waals surface area contributed by atoms with Gasteiger partial charge in [0.05, 0.1) is 6.04 Å². The fourth-order valence-electron chi connectivity index (χ4n) is 0.998. The molecule has 0 fully saturated rings. The third-order valence-corrected chi connectivity index (χ3v) is 2.49. The van der Waals surface area contributed by atoms with Gasteiger partial charge in [0.25, 0.3) is 0 Å². The molecule has 0 aromatic heterocycles. The van der Waals surface area contributed by atoms with Gasteiger partial charge in [0, 0.05) is 12.1 Å². The van der Waals surface area contributed by atoms with Crippen molar-refractivity contribution in [3.63, 3.8) is 0 Å². The molecule has 0 aromatic carbocycles. The molecular weight excluding hydrogens is 148 g/mol. The zero-order valence-corrected chi connectivity index (χ0v) is 8.52.